The molecular weight excluding hydrogens is 102 g/mol. The summed E-state index contributed by atoms with van der Waals surface area (Å²) in [6.07, 6.45) is 2.65. The predicted molar refractivity (Wildman–Crippen MR) is 31.4 cm³/mol. The molecule has 0 spiro atoms. The average molecular weight is 111 g/mol. The van der Waals surface area contributed by atoms with Crippen molar-refractivity contribution in [1.29, 1.82) is 0 Å². The molecule has 1 aliphatic rings. The lowest BCUT2D eigenvalue weighted by atomic mass is 10.2. The molecule has 0 atom stereocenters. The Morgan fingerprint density at radius 3 is 2.88 bits per heavy atom. The van der Waals surface area contributed by atoms with Crippen LogP contribution in [0.5, 0.6) is 0 Å². The molecule has 0 aromatic carbocycles. The molecule has 0 bridgehead atoms. The van der Waals surface area contributed by atoms with Crippen LogP contribution in [0.3, 0.4) is 0 Å². The van der Waals surface area contributed by atoms with Crippen LogP contribution in [0, 0.1) is 0 Å². The van der Waals surface area contributed by atoms with Gasteiger partial charge in [0, 0.05) is 11.8 Å². The Hall–Kier alpha value is -0.790. The van der Waals surface area contributed by atoms with E-state index in [1.807, 2.05) is 6.92 Å². The first-order valence-electron chi connectivity index (χ1n) is 2.80. The van der Waals surface area contributed by atoms with Crippen molar-refractivity contribution in [3.63, 3.8) is 0 Å². The van der Waals surface area contributed by atoms with E-state index in [2.05, 4.69) is 5.32 Å². The van der Waals surface area contributed by atoms with Gasteiger partial charge >= 0.3 is 0 Å². The first-order chi connectivity index (χ1) is 3.84. The summed E-state index contributed by atoms with van der Waals surface area (Å²) >= 11 is 0. The lowest BCUT2D eigenvalue weighted by Crippen LogP contribution is -2.08. The highest BCUT2D eigenvalue weighted by molar-refractivity contribution is 5.98. The Morgan fingerprint density at radius 1 is 1.88 bits per heavy atom. The molecule has 0 aliphatic carbocycles. The monoisotopic (exact) mass is 111 g/mol. The van der Waals surface area contributed by atoms with Crippen LogP contribution in [-0.2, 0) is 4.79 Å². The molecule has 0 fully saturated rings. The number of carbonyl (C=O) groups is 1. The van der Waals surface area contributed by atoms with Crippen molar-refractivity contribution in [3.05, 3.63) is 11.8 Å². The molecule has 0 saturated carbocycles. The highest BCUT2D eigenvalue weighted by Gasteiger charge is 2.10. The van der Waals surface area contributed by atoms with Gasteiger partial charge in [-0.25, -0.2) is 0 Å². The summed E-state index contributed by atoms with van der Waals surface area (Å²) in [4.78, 5) is 10.7. The lowest BCUT2D eigenvalue weighted by molar-refractivity contribution is -0.114. The molecule has 0 saturated heterocycles. The van der Waals surface area contributed by atoms with Crippen molar-refractivity contribution < 1.29 is 4.79 Å². The Bertz CT molecular complexity index is 137. The summed E-state index contributed by atoms with van der Waals surface area (Å²) in [6, 6.07) is 0. The SMILES string of the molecule is CCC1=CNCC1=O. The average Bonchev–Trinajstić information content (AvgIpc) is 2.14. The van der Waals surface area contributed by atoms with Gasteiger partial charge in [0.2, 0.25) is 0 Å². The second-order valence-electron chi connectivity index (χ2n) is 1.83. The normalized spacial score (nSPS) is 18.1. The van der Waals surface area contributed by atoms with Crippen molar-refractivity contribution in [2.24, 2.45) is 0 Å². The van der Waals surface area contributed by atoms with E-state index in [1.54, 1.807) is 6.20 Å². The van der Waals surface area contributed by atoms with Crippen LogP contribution in [0.25, 0.3) is 0 Å². The molecule has 1 aliphatic heterocycles. The third kappa shape index (κ3) is 0.735. The van der Waals surface area contributed by atoms with E-state index >= 15 is 0 Å². The van der Waals surface area contributed by atoms with Gasteiger partial charge in [0.25, 0.3) is 0 Å². The maximum absolute atomic E-state index is 10.7. The molecule has 1 N–H and O–H groups in total. The molecule has 2 heteroatoms. The van der Waals surface area contributed by atoms with E-state index in [4.69, 9.17) is 0 Å². The Morgan fingerprint density at radius 2 is 2.62 bits per heavy atom. The van der Waals surface area contributed by atoms with Gasteiger partial charge < -0.3 is 5.32 Å². The first-order valence-corrected chi connectivity index (χ1v) is 2.80. The van der Waals surface area contributed by atoms with Crippen molar-refractivity contribution in [3.8, 4) is 0 Å². The van der Waals surface area contributed by atoms with Gasteiger partial charge in [0.15, 0.2) is 5.78 Å². The third-order valence-corrected chi connectivity index (χ3v) is 1.28. The van der Waals surface area contributed by atoms with E-state index < -0.39 is 0 Å². The van der Waals surface area contributed by atoms with E-state index in [1.165, 1.54) is 0 Å². The maximum atomic E-state index is 10.7. The zero-order chi connectivity index (χ0) is 5.98. The Balaban J connectivity index is 2.62. The summed E-state index contributed by atoms with van der Waals surface area (Å²) in [6.45, 7) is 2.49. The quantitative estimate of drug-likeness (QED) is 0.532. The Labute approximate surface area is 48.6 Å². The maximum Gasteiger partial charge on any atom is 0.179 e. The highest BCUT2D eigenvalue weighted by Crippen LogP contribution is 2.03. The number of hydrogen-bond acceptors (Lipinski definition) is 2. The number of Topliss-reactive ketones (excluding diaryl/α,β-unsaturated/α-hetero) is 1. The molecule has 2 nitrogen and oxygen atoms in total. The van der Waals surface area contributed by atoms with Crippen molar-refractivity contribution in [2.75, 3.05) is 6.54 Å². The smallest absolute Gasteiger partial charge is 0.179 e. The summed E-state index contributed by atoms with van der Waals surface area (Å²) < 4.78 is 0. The minimum Gasteiger partial charge on any atom is -0.383 e. The van der Waals surface area contributed by atoms with Gasteiger partial charge in [-0.15, -0.1) is 0 Å². The van der Waals surface area contributed by atoms with Crippen LogP contribution >= 0.6 is 0 Å². The summed E-state index contributed by atoms with van der Waals surface area (Å²) in [5, 5.41) is 2.86. The fourth-order valence-corrected chi connectivity index (χ4v) is 0.760. The molecule has 0 aromatic heterocycles. The second-order valence-corrected chi connectivity index (χ2v) is 1.83. The number of carbonyl (C=O) groups excluding carboxylic acids is 1. The number of hydrogen-bond donors (Lipinski definition) is 1. The van der Waals surface area contributed by atoms with Gasteiger partial charge in [-0.05, 0) is 6.42 Å². The minimum absolute atomic E-state index is 0.243. The molecule has 0 unspecified atom stereocenters. The summed E-state index contributed by atoms with van der Waals surface area (Å²) in [7, 11) is 0. The molecule has 0 radical (unpaired) electrons. The fourth-order valence-electron chi connectivity index (χ4n) is 0.760. The van der Waals surface area contributed by atoms with Gasteiger partial charge in [-0.2, -0.15) is 0 Å². The van der Waals surface area contributed by atoms with E-state index in [0.717, 1.165) is 12.0 Å². The van der Waals surface area contributed by atoms with Crippen LogP contribution < -0.4 is 5.32 Å². The summed E-state index contributed by atoms with van der Waals surface area (Å²) in [5.41, 5.74) is 0.921. The molecule has 1 rings (SSSR count). The van der Waals surface area contributed by atoms with Crippen molar-refractivity contribution in [2.45, 2.75) is 13.3 Å². The first kappa shape index (κ1) is 5.35. The van der Waals surface area contributed by atoms with Gasteiger partial charge in [-0.1, -0.05) is 6.92 Å². The zero-order valence-electron chi connectivity index (χ0n) is 4.90. The van der Waals surface area contributed by atoms with Crippen LogP contribution in [0.15, 0.2) is 11.8 Å². The van der Waals surface area contributed by atoms with Crippen LogP contribution in [-0.4, -0.2) is 12.3 Å². The molecule has 0 aromatic rings. The fraction of sp³-hybridized carbons (Fsp3) is 0.500. The van der Waals surface area contributed by atoms with Crippen LogP contribution in [0.4, 0.5) is 0 Å². The van der Waals surface area contributed by atoms with Crippen LogP contribution in [0.2, 0.25) is 0 Å². The van der Waals surface area contributed by atoms with Crippen molar-refractivity contribution >= 4 is 5.78 Å². The molecule has 8 heavy (non-hydrogen) atoms. The molecule has 44 valence electrons. The highest BCUT2D eigenvalue weighted by atomic mass is 16.1. The Kier molecular flexibility index (Phi) is 1.33. The standard InChI is InChI=1S/C6H9NO/c1-2-5-3-7-4-6(5)8/h3,7H,2,4H2,1H3. The summed E-state index contributed by atoms with van der Waals surface area (Å²) in [5.74, 6) is 0.243. The lowest BCUT2D eigenvalue weighted by Gasteiger charge is -1.87. The van der Waals surface area contributed by atoms with Crippen LogP contribution in [0.1, 0.15) is 13.3 Å². The van der Waals surface area contributed by atoms with E-state index in [-0.39, 0.29) is 5.78 Å². The van der Waals surface area contributed by atoms with E-state index in [9.17, 15) is 4.79 Å². The van der Waals surface area contributed by atoms with Gasteiger partial charge in [-0.3, -0.25) is 4.79 Å². The van der Waals surface area contributed by atoms with E-state index in [0.29, 0.717) is 6.54 Å². The molecule has 0 amide bonds. The number of ketones is 1. The molecule has 1 heterocycles. The number of rotatable bonds is 1. The van der Waals surface area contributed by atoms with Gasteiger partial charge in [0.05, 0.1) is 6.54 Å². The number of nitrogens with one attached hydrogen (secondary N) is 1. The van der Waals surface area contributed by atoms with Gasteiger partial charge in [0.1, 0.15) is 0 Å². The predicted octanol–water partition coefficient (Wildman–Crippen LogP) is 0.453. The largest absolute Gasteiger partial charge is 0.383 e. The zero-order valence-corrected chi connectivity index (χ0v) is 4.90. The second kappa shape index (κ2) is 1.99. The minimum atomic E-state index is 0.243. The third-order valence-electron chi connectivity index (χ3n) is 1.28. The van der Waals surface area contributed by atoms with Crippen molar-refractivity contribution in [1.82, 2.24) is 5.32 Å². The topological polar surface area (TPSA) is 29.1 Å². The molecular formula is C6H9NO.